The molecule has 106 valence electrons. The van der Waals surface area contributed by atoms with Crippen molar-refractivity contribution in [1.82, 2.24) is 15.3 Å². The summed E-state index contributed by atoms with van der Waals surface area (Å²) in [6.07, 6.45) is 1.84. The van der Waals surface area contributed by atoms with E-state index in [9.17, 15) is 0 Å². The Balaban J connectivity index is 2.19. The number of nitrogens with zero attached hydrogens (tertiary/aromatic N) is 2. The van der Waals surface area contributed by atoms with E-state index >= 15 is 0 Å². The van der Waals surface area contributed by atoms with Crippen LogP contribution >= 0.6 is 0 Å². The van der Waals surface area contributed by atoms with Gasteiger partial charge in [-0.1, -0.05) is 6.07 Å². The molecule has 1 unspecified atom stereocenters. The average Bonchev–Trinajstić information content (AvgIpc) is 2.38. The number of aryl methyl sites for hydroxylation is 3. The Morgan fingerprint density at radius 1 is 1.05 bits per heavy atom. The summed E-state index contributed by atoms with van der Waals surface area (Å²) >= 11 is 0. The Bertz CT molecular complexity index is 555. The Hall–Kier alpha value is -1.74. The van der Waals surface area contributed by atoms with Crippen molar-refractivity contribution in [2.75, 3.05) is 0 Å². The van der Waals surface area contributed by atoms with Gasteiger partial charge in [-0.05, 0) is 63.9 Å². The van der Waals surface area contributed by atoms with E-state index in [0.717, 1.165) is 17.1 Å². The van der Waals surface area contributed by atoms with Gasteiger partial charge in [-0.2, -0.15) is 0 Å². The second-order valence-corrected chi connectivity index (χ2v) is 5.44. The largest absolute Gasteiger partial charge is 0.302 e. The minimum atomic E-state index is 0.214. The second kappa shape index (κ2) is 6.14. The van der Waals surface area contributed by atoms with E-state index in [2.05, 4.69) is 55.1 Å². The molecule has 3 nitrogen and oxygen atoms in total. The molecule has 0 spiro atoms. The molecule has 0 aliphatic rings. The maximum absolute atomic E-state index is 4.58. The van der Waals surface area contributed by atoms with Gasteiger partial charge in [-0.25, -0.2) is 0 Å². The lowest BCUT2D eigenvalue weighted by Gasteiger charge is -2.23. The highest BCUT2D eigenvalue weighted by Crippen LogP contribution is 2.23. The van der Waals surface area contributed by atoms with Crippen molar-refractivity contribution in [2.24, 2.45) is 0 Å². The van der Waals surface area contributed by atoms with Crippen LogP contribution in [0.1, 0.15) is 54.1 Å². The van der Waals surface area contributed by atoms with Crippen molar-refractivity contribution in [1.29, 1.82) is 0 Å². The van der Waals surface area contributed by atoms with Crippen LogP contribution in [-0.2, 0) is 0 Å². The van der Waals surface area contributed by atoms with Gasteiger partial charge in [0, 0.05) is 29.7 Å². The Morgan fingerprint density at radius 3 is 2.40 bits per heavy atom. The first kappa shape index (κ1) is 14.7. The molecule has 3 heteroatoms. The number of aromatic nitrogens is 2. The van der Waals surface area contributed by atoms with Crippen molar-refractivity contribution >= 4 is 0 Å². The second-order valence-electron chi connectivity index (χ2n) is 5.44. The predicted molar refractivity (Wildman–Crippen MR) is 82.7 cm³/mol. The zero-order chi connectivity index (χ0) is 14.7. The summed E-state index contributed by atoms with van der Waals surface area (Å²) in [4.78, 5) is 8.99. The van der Waals surface area contributed by atoms with E-state index in [0.29, 0.717) is 0 Å². The molecule has 1 N–H and O–H groups in total. The minimum Gasteiger partial charge on any atom is -0.302 e. The molecule has 0 aliphatic carbocycles. The van der Waals surface area contributed by atoms with Gasteiger partial charge in [0.1, 0.15) is 0 Å². The normalized spacial score (nSPS) is 14.1. The van der Waals surface area contributed by atoms with Crippen LogP contribution in [0, 0.1) is 20.8 Å². The van der Waals surface area contributed by atoms with Gasteiger partial charge < -0.3 is 5.32 Å². The molecule has 2 aromatic heterocycles. The van der Waals surface area contributed by atoms with Gasteiger partial charge in [-0.15, -0.1) is 0 Å². The zero-order valence-electron chi connectivity index (χ0n) is 12.9. The number of hydrogen-bond donors (Lipinski definition) is 1. The fourth-order valence-electron chi connectivity index (χ4n) is 2.86. The van der Waals surface area contributed by atoms with Gasteiger partial charge in [0.2, 0.25) is 0 Å². The van der Waals surface area contributed by atoms with Crippen LogP contribution in [0.25, 0.3) is 0 Å². The van der Waals surface area contributed by atoms with E-state index in [1.54, 1.807) is 0 Å². The van der Waals surface area contributed by atoms with Crippen LogP contribution in [-0.4, -0.2) is 9.97 Å². The van der Waals surface area contributed by atoms with Crippen LogP contribution in [0.3, 0.4) is 0 Å². The van der Waals surface area contributed by atoms with E-state index in [-0.39, 0.29) is 12.1 Å². The molecule has 0 amide bonds. The average molecular weight is 269 g/mol. The smallest absolute Gasteiger partial charge is 0.0570 e. The van der Waals surface area contributed by atoms with Crippen molar-refractivity contribution in [3.05, 3.63) is 58.7 Å². The zero-order valence-corrected chi connectivity index (χ0v) is 12.9. The predicted octanol–water partition coefficient (Wildman–Crippen LogP) is 3.81. The van der Waals surface area contributed by atoms with E-state index in [1.165, 1.54) is 11.1 Å². The molecule has 2 atom stereocenters. The maximum atomic E-state index is 4.58. The Labute approximate surface area is 121 Å². The molecular formula is C17H23N3. The fourth-order valence-corrected chi connectivity index (χ4v) is 2.86. The van der Waals surface area contributed by atoms with Gasteiger partial charge in [0.15, 0.2) is 0 Å². The van der Waals surface area contributed by atoms with Crippen LogP contribution in [0.2, 0.25) is 0 Å². The highest BCUT2D eigenvalue weighted by atomic mass is 15.0. The molecule has 0 radical (unpaired) electrons. The first-order valence-electron chi connectivity index (χ1n) is 7.10. The first-order chi connectivity index (χ1) is 9.49. The Kier molecular flexibility index (Phi) is 4.50. The molecule has 2 aromatic rings. The topological polar surface area (TPSA) is 37.8 Å². The van der Waals surface area contributed by atoms with Crippen LogP contribution in [0.4, 0.5) is 0 Å². The van der Waals surface area contributed by atoms with Crippen LogP contribution in [0.5, 0.6) is 0 Å². The fraction of sp³-hybridized carbons (Fsp3) is 0.412. The van der Waals surface area contributed by atoms with Crippen LogP contribution < -0.4 is 5.32 Å². The molecule has 0 bridgehead atoms. The third-order valence-electron chi connectivity index (χ3n) is 3.65. The third kappa shape index (κ3) is 3.23. The summed E-state index contributed by atoms with van der Waals surface area (Å²) in [6.45, 7) is 10.6. The highest BCUT2D eigenvalue weighted by Gasteiger charge is 2.16. The number of hydrogen-bond acceptors (Lipinski definition) is 3. The quantitative estimate of drug-likeness (QED) is 0.917. The summed E-state index contributed by atoms with van der Waals surface area (Å²) in [7, 11) is 0. The van der Waals surface area contributed by atoms with E-state index in [1.807, 2.05) is 25.3 Å². The lowest BCUT2D eigenvalue weighted by atomic mass is 9.99. The van der Waals surface area contributed by atoms with Gasteiger partial charge in [0.05, 0.1) is 5.69 Å². The maximum Gasteiger partial charge on any atom is 0.0570 e. The van der Waals surface area contributed by atoms with Gasteiger partial charge in [0.25, 0.3) is 0 Å². The SMILES string of the molecule is Cc1cc(C)c(C(C)N[C@H](C)c2ccccn2)c(C)n1. The lowest BCUT2D eigenvalue weighted by molar-refractivity contribution is 0.482. The van der Waals surface area contributed by atoms with Crippen molar-refractivity contribution in [3.8, 4) is 0 Å². The molecule has 0 saturated heterocycles. The number of rotatable bonds is 4. The van der Waals surface area contributed by atoms with Crippen molar-refractivity contribution in [2.45, 2.75) is 46.7 Å². The van der Waals surface area contributed by atoms with Gasteiger partial charge in [-0.3, -0.25) is 9.97 Å². The van der Waals surface area contributed by atoms with E-state index < -0.39 is 0 Å². The molecule has 20 heavy (non-hydrogen) atoms. The lowest BCUT2D eigenvalue weighted by Crippen LogP contribution is -2.24. The molecule has 0 aliphatic heterocycles. The summed E-state index contributed by atoms with van der Waals surface area (Å²) in [5.41, 5.74) is 5.83. The van der Waals surface area contributed by atoms with Gasteiger partial charge >= 0.3 is 0 Å². The summed E-state index contributed by atoms with van der Waals surface area (Å²) in [6, 6.07) is 8.63. The summed E-state index contributed by atoms with van der Waals surface area (Å²) in [5, 5.41) is 3.61. The molecule has 0 aromatic carbocycles. The monoisotopic (exact) mass is 269 g/mol. The minimum absolute atomic E-state index is 0.214. The van der Waals surface area contributed by atoms with Crippen LogP contribution in [0.15, 0.2) is 30.5 Å². The standard InChI is InChI=1S/C17H23N3/c1-11-10-12(2)19-14(4)17(11)15(5)20-13(3)16-8-6-7-9-18-16/h6-10,13,15,20H,1-5H3/t13-,15?/m1/s1. The molecule has 0 saturated carbocycles. The first-order valence-corrected chi connectivity index (χ1v) is 7.10. The molecule has 0 fully saturated rings. The third-order valence-corrected chi connectivity index (χ3v) is 3.65. The molecule has 2 rings (SSSR count). The number of nitrogens with one attached hydrogen (secondary N) is 1. The van der Waals surface area contributed by atoms with Crippen molar-refractivity contribution < 1.29 is 0 Å². The molecular weight excluding hydrogens is 246 g/mol. The highest BCUT2D eigenvalue weighted by molar-refractivity contribution is 5.33. The Morgan fingerprint density at radius 2 is 1.80 bits per heavy atom. The van der Waals surface area contributed by atoms with E-state index in [4.69, 9.17) is 0 Å². The summed E-state index contributed by atoms with van der Waals surface area (Å²) in [5.74, 6) is 0. The molecule has 2 heterocycles. The summed E-state index contributed by atoms with van der Waals surface area (Å²) < 4.78 is 0. The van der Waals surface area contributed by atoms with Crippen molar-refractivity contribution in [3.63, 3.8) is 0 Å². The number of pyridine rings is 2.